The zero-order valence-corrected chi connectivity index (χ0v) is 12.6. The Labute approximate surface area is 128 Å². The number of hydrogen-bond acceptors (Lipinski definition) is 3. The Morgan fingerprint density at radius 2 is 2.25 bits per heavy atom. The number of benzene rings is 1. The standard InChI is InChI=1S/C14H18Cl2N2O2/c15-11-4-1-5-12(14(11)16)18-13(19)6-7-17-9-10-3-2-8-20-10/h1,4-5,10,17H,2-3,6-9H2,(H,18,19). The van der Waals surface area contributed by atoms with Crippen molar-refractivity contribution in [3.63, 3.8) is 0 Å². The molecule has 2 N–H and O–H groups in total. The summed E-state index contributed by atoms with van der Waals surface area (Å²) in [6.45, 7) is 2.26. The summed E-state index contributed by atoms with van der Waals surface area (Å²) >= 11 is 11.9. The summed E-state index contributed by atoms with van der Waals surface area (Å²) in [5.41, 5.74) is 0.545. The number of anilines is 1. The molecule has 1 aliphatic rings. The lowest BCUT2D eigenvalue weighted by Crippen LogP contribution is -2.29. The van der Waals surface area contributed by atoms with Crippen LogP contribution in [0.5, 0.6) is 0 Å². The predicted molar refractivity (Wildman–Crippen MR) is 81.6 cm³/mol. The number of hydrogen-bond donors (Lipinski definition) is 2. The van der Waals surface area contributed by atoms with Crippen molar-refractivity contribution in [2.45, 2.75) is 25.4 Å². The molecule has 0 aromatic heterocycles. The van der Waals surface area contributed by atoms with Crippen LogP contribution >= 0.6 is 23.2 Å². The van der Waals surface area contributed by atoms with Crippen LogP contribution in [0.2, 0.25) is 10.0 Å². The summed E-state index contributed by atoms with van der Waals surface area (Å²) < 4.78 is 5.49. The highest BCUT2D eigenvalue weighted by Gasteiger charge is 2.14. The maximum absolute atomic E-state index is 11.8. The zero-order valence-electron chi connectivity index (χ0n) is 11.1. The lowest BCUT2D eigenvalue weighted by molar-refractivity contribution is -0.116. The smallest absolute Gasteiger partial charge is 0.225 e. The fourth-order valence-electron chi connectivity index (χ4n) is 2.08. The first-order chi connectivity index (χ1) is 9.66. The molecule has 110 valence electrons. The Morgan fingerprint density at radius 3 is 3.00 bits per heavy atom. The molecule has 0 bridgehead atoms. The molecule has 0 radical (unpaired) electrons. The lowest BCUT2D eigenvalue weighted by Gasteiger charge is -2.11. The molecule has 1 heterocycles. The first-order valence-corrected chi connectivity index (χ1v) is 7.48. The number of halogens is 2. The fourth-order valence-corrected chi connectivity index (χ4v) is 2.43. The molecule has 1 aliphatic heterocycles. The molecule has 0 spiro atoms. The predicted octanol–water partition coefficient (Wildman–Crippen LogP) is 3.09. The second-order valence-corrected chi connectivity index (χ2v) is 5.52. The van der Waals surface area contributed by atoms with Gasteiger partial charge in [0.05, 0.1) is 21.8 Å². The summed E-state index contributed by atoms with van der Waals surface area (Å²) in [4.78, 5) is 11.8. The molecular weight excluding hydrogens is 299 g/mol. The SMILES string of the molecule is O=C(CCNCC1CCCO1)Nc1cccc(Cl)c1Cl. The van der Waals surface area contributed by atoms with E-state index in [-0.39, 0.29) is 5.91 Å². The summed E-state index contributed by atoms with van der Waals surface area (Å²) in [5.74, 6) is -0.0889. The van der Waals surface area contributed by atoms with Gasteiger partial charge in [-0.25, -0.2) is 0 Å². The van der Waals surface area contributed by atoms with Crippen molar-refractivity contribution in [1.82, 2.24) is 5.32 Å². The maximum atomic E-state index is 11.8. The van der Waals surface area contributed by atoms with E-state index in [4.69, 9.17) is 27.9 Å². The molecule has 1 aromatic rings. The molecule has 6 heteroatoms. The van der Waals surface area contributed by atoms with E-state index in [1.807, 2.05) is 0 Å². The third-order valence-electron chi connectivity index (χ3n) is 3.15. The molecule has 4 nitrogen and oxygen atoms in total. The van der Waals surface area contributed by atoms with Gasteiger partial charge in [0.25, 0.3) is 0 Å². The third kappa shape index (κ3) is 4.63. The summed E-state index contributed by atoms with van der Waals surface area (Å²) in [5, 5.41) is 6.78. The molecule has 1 amide bonds. The Balaban J connectivity index is 1.68. The van der Waals surface area contributed by atoms with E-state index >= 15 is 0 Å². The minimum absolute atomic E-state index is 0.0889. The number of carbonyl (C=O) groups excluding carboxylic acids is 1. The first kappa shape index (κ1) is 15.6. The van der Waals surface area contributed by atoms with Crippen LogP contribution in [0, 0.1) is 0 Å². The van der Waals surface area contributed by atoms with Crippen LogP contribution in [0.3, 0.4) is 0 Å². The number of carbonyl (C=O) groups is 1. The van der Waals surface area contributed by atoms with E-state index in [0.29, 0.717) is 34.8 Å². The van der Waals surface area contributed by atoms with Gasteiger partial charge in [0.15, 0.2) is 0 Å². The second-order valence-electron chi connectivity index (χ2n) is 4.74. The largest absolute Gasteiger partial charge is 0.377 e. The molecular formula is C14H18Cl2N2O2. The average molecular weight is 317 g/mol. The molecule has 1 fully saturated rings. The zero-order chi connectivity index (χ0) is 14.4. The summed E-state index contributed by atoms with van der Waals surface area (Å²) in [7, 11) is 0. The first-order valence-electron chi connectivity index (χ1n) is 6.73. The quantitative estimate of drug-likeness (QED) is 0.793. The topological polar surface area (TPSA) is 50.4 Å². The minimum Gasteiger partial charge on any atom is -0.377 e. The van der Waals surface area contributed by atoms with Crippen LogP contribution in [0.15, 0.2) is 18.2 Å². The molecule has 1 aromatic carbocycles. The number of ether oxygens (including phenoxy) is 1. The molecule has 1 atom stereocenters. The van der Waals surface area contributed by atoms with Crippen molar-refractivity contribution in [1.29, 1.82) is 0 Å². The maximum Gasteiger partial charge on any atom is 0.225 e. The van der Waals surface area contributed by atoms with Crippen molar-refractivity contribution in [2.75, 3.05) is 25.0 Å². The van der Waals surface area contributed by atoms with E-state index in [0.717, 1.165) is 26.0 Å². The van der Waals surface area contributed by atoms with E-state index in [9.17, 15) is 4.79 Å². The summed E-state index contributed by atoms with van der Waals surface area (Å²) in [6.07, 6.45) is 2.90. The van der Waals surface area contributed by atoms with Gasteiger partial charge >= 0.3 is 0 Å². The Kier molecular flexibility index (Phi) is 6.10. The Bertz CT molecular complexity index is 462. The molecule has 0 aliphatic carbocycles. The van der Waals surface area contributed by atoms with Gasteiger partial charge in [0.1, 0.15) is 0 Å². The molecule has 20 heavy (non-hydrogen) atoms. The van der Waals surface area contributed by atoms with Crippen LogP contribution in [0.1, 0.15) is 19.3 Å². The molecule has 0 saturated carbocycles. The summed E-state index contributed by atoms with van der Waals surface area (Å²) in [6, 6.07) is 5.16. The van der Waals surface area contributed by atoms with Crippen LogP contribution in [0.25, 0.3) is 0 Å². The minimum atomic E-state index is -0.0889. The van der Waals surface area contributed by atoms with E-state index in [1.165, 1.54) is 0 Å². The number of rotatable bonds is 6. The fraction of sp³-hybridized carbons (Fsp3) is 0.500. The van der Waals surface area contributed by atoms with Crippen molar-refractivity contribution in [3.05, 3.63) is 28.2 Å². The van der Waals surface area contributed by atoms with Crippen molar-refractivity contribution >= 4 is 34.8 Å². The monoisotopic (exact) mass is 316 g/mol. The lowest BCUT2D eigenvalue weighted by atomic mass is 10.2. The van der Waals surface area contributed by atoms with Gasteiger partial charge in [-0.3, -0.25) is 4.79 Å². The molecule has 1 saturated heterocycles. The molecule has 1 unspecified atom stereocenters. The van der Waals surface area contributed by atoms with Crippen molar-refractivity contribution in [2.24, 2.45) is 0 Å². The van der Waals surface area contributed by atoms with Gasteiger partial charge in [0.2, 0.25) is 5.91 Å². The van der Waals surface area contributed by atoms with E-state index in [1.54, 1.807) is 18.2 Å². The second kappa shape index (κ2) is 7.84. The normalized spacial score (nSPS) is 18.2. The van der Waals surface area contributed by atoms with Gasteiger partial charge in [-0.15, -0.1) is 0 Å². The number of amides is 1. The van der Waals surface area contributed by atoms with Crippen molar-refractivity contribution < 1.29 is 9.53 Å². The van der Waals surface area contributed by atoms with E-state index < -0.39 is 0 Å². The highest BCUT2D eigenvalue weighted by molar-refractivity contribution is 6.43. The van der Waals surface area contributed by atoms with Crippen LogP contribution < -0.4 is 10.6 Å². The van der Waals surface area contributed by atoms with Crippen LogP contribution in [-0.2, 0) is 9.53 Å². The number of nitrogens with one attached hydrogen (secondary N) is 2. The van der Waals surface area contributed by atoms with Crippen LogP contribution in [-0.4, -0.2) is 31.7 Å². The average Bonchev–Trinajstić information content (AvgIpc) is 2.93. The third-order valence-corrected chi connectivity index (χ3v) is 3.97. The van der Waals surface area contributed by atoms with Crippen LogP contribution in [0.4, 0.5) is 5.69 Å². The Morgan fingerprint density at radius 1 is 1.40 bits per heavy atom. The van der Waals surface area contributed by atoms with Gasteiger partial charge in [-0.05, 0) is 25.0 Å². The van der Waals surface area contributed by atoms with Gasteiger partial charge in [0, 0.05) is 26.1 Å². The highest BCUT2D eigenvalue weighted by atomic mass is 35.5. The van der Waals surface area contributed by atoms with Gasteiger partial charge in [-0.2, -0.15) is 0 Å². The Hall–Kier alpha value is -0.810. The van der Waals surface area contributed by atoms with Gasteiger partial charge < -0.3 is 15.4 Å². The molecule has 2 rings (SSSR count). The van der Waals surface area contributed by atoms with Crippen molar-refractivity contribution in [3.8, 4) is 0 Å². The highest BCUT2D eigenvalue weighted by Crippen LogP contribution is 2.29. The van der Waals surface area contributed by atoms with E-state index in [2.05, 4.69) is 10.6 Å². The van der Waals surface area contributed by atoms with Gasteiger partial charge in [-0.1, -0.05) is 29.3 Å².